The van der Waals surface area contributed by atoms with E-state index in [1.54, 1.807) is 24.1 Å². The van der Waals surface area contributed by atoms with Gasteiger partial charge >= 0.3 is 0 Å². The van der Waals surface area contributed by atoms with Gasteiger partial charge in [0, 0.05) is 36.7 Å². The van der Waals surface area contributed by atoms with Crippen molar-refractivity contribution >= 4 is 39.9 Å². The van der Waals surface area contributed by atoms with E-state index in [2.05, 4.69) is 25.5 Å². The van der Waals surface area contributed by atoms with Crippen molar-refractivity contribution < 1.29 is 19.1 Å². The molecule has 33 heavy (non-hydrogen) atoms. The molecule has 12 heteroatoms. The number of halogens is 1. The molecule has 172 valence electrons. The number of amides is 2. The largest absolute Gasteiger partial charge is 0.494 e. The Morgan fingerprint density at radius 3 is 2.79 bits per heavy atom. The molecule has 4 heterocycles. The van der Waals surface area contributed by atoms with Crippen molar-refractivity contribution in [1.82, 2.24) is 25.1 Å². The maximum Gasteiger partial charge on any atom is 0.284 e. The summed E-state index contributed by atoms with van der Waals surface area (Å²) in [6.07, 6.45) is 3.73. The molecular formula is C21H21ClN6O4S. The first-order valence-corrected chi connectivity index (χ1v) is 11.2. The average molecular weight is 489 g/mol. The predicted octanol–water partition coefficient (Wildman–Crippen LogP) is 3.08. The summed E-state index contributed by atoms with van der Waals surface area (Å²) in [5, 5.41) is 11.3. The van der Waals surface area contributed by atoms with Crippen molar-refractivity contribution in [1.29, 1.82) is 0 Å². The summed E-state index contributed by atoms with van der Waals surface area (Å²) >= 11 is 7.09. The molecule has 3 aromatic rings. The maximum atomic E-state index is 13.1. The highest BCUT2D eigenvalue weighted by atomic mass is 35.5. The van der Waals surface area contributed by atoms with Crippen molar-refractivity contribution in [2.75, 3.05) is 32.7 Å². The van der Waals surface area contributed by atoms with E-state index in [4.69, 9.17) is 21.1 Å². The Labute approximate surface area is 198 Å². The van der Waals surface area contributed by atoms with Crippen molar-refractivity contribution in [2.24, 2.45) is 0 Å². The third-order valence-corrected chi connectivity index (χ3v) is 6.26. The highest BCUT2D eigenvalue weighted by molar-refractivity contribution is 7.17. The first kappa shape index (κ1) is 23.0. The molecule has 2 amide bonds. The van der Waals surface area contributed by atoms with E-state index in [0.717, 1.165) is 17.8 Å². The second kappa shape index (κ2) is 9.77. The average Bonchev–Trinajstić information content (AvgIpc) is 3.50. The molecule has 10 nitrogen and oxygen atoms in total. The maximum absolute atomic E-state index is 13.1. The minimum atomic E-state index is -0.458. The number of carbonyl (C=O) groups is 2. The van der Waals surface area contributed by atoms with Gasteiger partial charge in [-0.25, -0.2) is 4.98 Å². The van der Waals surface area contributed by atoms with Gasteiger partial charge in [0.2, 0.25) is 10.1 Å². The Hall–Kier alpha value is -3.15. The molecule has 0 aromatic carbocycles. The SMILES string of the molecule is COc1cnc(Cl)cc1-c1cc(C)ncc1C(=O)Nc1nnc(C(=O)N(C)C2CCOC2)s1. The topological polar surface area (TPSA) is 119 Å². The molecular weight excluding hydrogens is 468 g/mol. The highest BCUT2D eigenvalue weighted by Gasteiger charge is 2.27. The van der Waals surface area contributed by atoms with Crippen LogP contribution in [-0.4, -0.2) is 70.3 Å². The van der Waals surface area contributed by atoms with E-state index in [1.807, 2.05) is 6.92 Å². The molecule has 1 atom stereocenters. The number of aromatic nitrogens is 4. The van der Waals surface area contributed by atoms with Gasteiger partial charge < -0.3 is 14.4 Å². The standard InChI is InChI=1S/C21H21ClN6O4S/c1-11-6-13(14-7-17(22)24-9-16(14)31-3)15(8-23-11)18(29)25-21-27-26-19(33-21)20(30)28(2)12-4-5-32-10-12/h6-9,12H,4-5,10H2,1-3H3,(H,25,27,29). The number of nitrogens with zero attached hydrogens (tertiary/aromatic N) is 5. The number of pyridine rings is 2. The first-order valence-electron chi connectivity index (χ1n) is 10.0. The number of methoxy groups -OCH3 is 1. The number of ether oxygens (including phenoxy) is 2. The molecule has 3 aromatic heterocycles. The summed E-state index contributed by atoms with van der Waals surface area (Å²) in [6.45, 7) is 2.94. The van der Waals surface area contributed by atoms with Gasteiger partial charge in [-0.2, -0.15) is 0 Å². The molecule has 0 saturated carbocycles. The van der Waals surface area contributed by atoms with Crippen LogP contribution in [0.4, 0.5) is 5.13 Å². The molecule has 0 radical (unpaired) electrons. The lowest BCUT2D eigenvalue weighted by atomic mass is 10.0. The molecule has 0 bridgehead atoms. The smallest absolute Gasteiger partial charge is 0.284 e. The van der Waals surface area contributed by atoms with Crippen LogP contribution in [0.15, 0.2) is 24.5 Å². The number of aryl methyl sites for hydroxylation is 1. The fraction of sp³-hybridized carbons (Fsp3) is 0.333. The Morgan fingerprint density at radius 1 is 1.24 bits per heavy atom. The zero-order valence-corrected chi connectivity index (χ0v) is 19.7. The summed E-state index contributed by atoms with van der Waals surface area (Å²) in [4.78, 5) is 35.7. The normalized spacial score (nSPS) is 15.3. The van der Waals surface area contributed by atoms with Gasteiger partial charge in [-0.3, -0.25) is 19.9 Å². The van der Waals surface area contributed by atoms with E-state index < -0.39 is 5.91 Å². The molecule has 4 rings (SSSR count). The molecule has 1 unspecified atom stereocenters. The van der Waals surface area contributed by atoms with Crippen LogP contribution < -0.4 is 10.1 Å². The number of rotatable bonds is 6. The third-order valence-electron chi connectivity index (χ3n) is 5.23. The van der Waals surface area contributed by atoms with E-state index in [0.29, 0.717) is 35.8 Å². The Bertz CT molecular complexity index is 1200. The fourth-order valence-electron chi connectivity index (χ4n) is 3.42. The minimum absolute atomic E-state index is 0.00259. The number of hydrogen-bond acceptors (Lipinski definition) is 9. The minimum Gasteiger partial charge on any atom is -0.494 e. The molecule has 0 aliphatic carbocycles. The monoisotopic (exact) mass is 488 g/mol. The van der Waals surface area contributed by atoms with Gasteiger partial charge in [-0.05, 0) is 25.5 Å². The van der Waals surface area contributed by atoms with Crippen LogP contribution in [0.2, 0.25) is 5.15 Å². The van der Waals surface area contributed by atoms with Crippen LogP contribution in [-0.2, 0) is 4.74 Å². The van der Waals surface area contributed by atoms with Crippen LogP contribution in [0.25, 0.3) is 11.1 Å². The second-order valence-corrected chi connectivity index (χ2v) is 8.74. The molecule has 1 saturated heterocycles. The van der Waals surface area contributed by atoms with Crippen LogP contribution in [0.5, 0.6) is 5.75 Å². The first-order chi connectivity index (χ1) is 15.9. The Morgan fingerprint density at radius 2 is 2.06 bits per heavy atom. The van der Waals surface area contributed by atoms with Crippen molar-refractivity contribution in [2.45, 2.75) is 19.4 Å². The fourth-order valence-corrected chi connectivity index (χ4v) is 4.30. The van der Waals surface area contributed by atoms with Crippen LogP contribution in [0.3, 0.4) is 0 Å². The highest BCUT2D eigenvalue weighted by Crippen LogP contribution is 2.34. The van der Waals surface area contributed by atoms with Gasteiger partial charge in [-0.1, -0.05) is 22.9 Å². The van der Waals surface area contributed by atoms with Gasteiger partial charge in [-0.15, -0.1) is 10.2 Å². The zero-order chi connectivity index (χ0) is 23.5. The Balaban J connectivity index is 1.58. The van der Waals surface area contributed by atoms with Crippen LogP contribution >= 0.6 is 22.9 Å². The molecule has 1 aliphatic rings. The predicted molar refractivity (Wildman–Crippen MR) is 123 cm³/mol. The lowest BCUT2D eigenvalue weighted by molar-refractivity contribution is 0.0710. The van der Waals surface area contributed by atoms with Crippen molar-refractivity contribution in [3.05, 3.63) is 45.9 Å². The molecule has 1 N–H and O–H groups in total. The van der Waals surface area contributed by atoms with E-state index >= 15 is 0 Å². The summed E-state index contributed by atoms with van der Waals surface area (Å²) in [5.74, 6) is -0.265. The number of carbonyl (C=O) groups excluding carboxylic acids is 2. The summed E-state index contributed by atoms with van der Waals surface area (Å²) in [6, 6.07) is 3.38. The number of hydrogen-bond donors (Lipinski definition) is 1. The molecule has 1 fully saturated rings. The van der Waals surface area contributed by atoms with Gasteiger partial charge in [0.25, 0.3) is 11.8 Å². The quantitative estimate of drug-likeness (QED) is 0.526. The van der Waals surface area contributed by atoms with Gasteiger partial charge in [0.05, 0.1) is 31.5 Å². The lowest BCUT2D eigenvalue weighted by Gasteiger charge is -2.21. The summed E-state index contributed by atoms with van der Waals surface area (Å²) < 4.78 is 10.7. The van der Waals surface area contributed by atoms with Crippen molar-refractivity contribution in [3.63, 3.8) is 0 Å². The molecule has 1 aliphatic heterocycles. The second-order valence-electron chi connectivity index (χ2n) is 7.38. The van der Waals surface area contributed by atoms with Crippen LogP contribution in [0, 0.1) is 6.92 Å². The van der Waals surface area contributed by atoms with Gasteiger partial charge in [0.1, 0.15) is 10.9 Å². The number of anilines is 1. The summed E-state index contributed by atoms with van der Waals surface area (Å²) in [5.41, 5.74) is 2.16. The van der Waals surface area contributed by atoms with Crippen molar-refractivity contribution in [3.8, 4) is 16.9 Å². The third kappa shape index (κ3) is 4.95. The lowest BCUT2D eigenvalue weighted by Crippen LogP contribution is -2.37. The summed E-state index contributed by atoms with van der Waals surface area (Å²) in [7, 11) is 3.22. The van der Waals surface area contributed by atoms with Gasteiger partial charge in [0.15, 0.2) is 0 Å². The molecule has 0 spiro atoms. The van der Waals surface area contributed by atoms with E-state index in [-0.39, 0.29) is 32.8 Å². The Kier molecular flexibility index (Phi) is 6.82. The number of nitrogens with one attached hydrogen (secondary N) is 1. The number of likely N-dealkylation sites (N-methyl/N-ethyl adjacent to an activating group) is 1. The van der Waals surface area contributed by atoms with Crippen LogP contribution in [0.1, 0.15) is 32.3 Å². The van der Waals surface area contributed by atoms with E-state index in [1.165, 1.54) is 19.5 Å². The zero-order valence-electron chi connectivity index (χ0n) is 18.2. The van der Waals surface area contributed by atoms with E-state index in [9.17, 15) is 9.59 Å².